The van der Waals surface area contributed by atoms with Crippen molar-refractivity contribution in [2.75, 3.05) is 5.32 Å². The van der Waals surface area contributed by atoms with Crippen LogP contribution < -0.4 is 5.32 Å². The fourth-order valence-corrected chi connectivity index (χ4v) is 1.66. The summed E-state index contributed by atoms with van der Waals surface area (Å²) in [7, 11) is 0. The number of nitro groups is 1. The molecule has 0 unspecified atom stereocenters. The summed E-state index contributed by atoms with van der Waals surface area (Å²) in [6.07, 6.45) is 4.26. The molecule has 0 bridgehead atoms. The summed E-state index contributed by atoms with van der Waals surface area (Å²) in [6, 6.07) is 7.21. The lowest BCUT2D eigenvalue weighted by Crippen LogP contribution is -2.08. The zero-order chi connectivity index (χ0) is 14.5. The van der Waals surface area contributed by atoms with Crippen LogP contribution >= 0.6 is 11.6 Å². The Morgan fingerprint density at radius 1 is 1.40 bits per heavy atom. The summed E-state index contributed by atoms with van der Waals surface area (Å²) in [4.78, 5) is 21.6. The number of furan rings is 1. The first-order chi connectivity index (χ1) is 9.56. The lowest BCUT2D eigenvalue weighted by molar-refractivity contribution is -0.384. The largest absolute Gasteiger partial charge is 0.465 e. The number of anilines is 1. The van der Waals surface area contributed by atoms with E-state index < -0.39 is 10.8 Å². The number of carbonyl (C=O) groups excluding carboxylic acids is 1. The van der Waals surface area contributed by atoms with E-state index in [1.165, 1.54) is 36.6 Å². The van der Waals surface area contributed by atoms with Crippen LogP contribution in [-0.2, 0) is 4.79 Å². The first-order valence-electron chi connectivity index (χ1n) is 5.53. The fraction of sp³-hybridized carbons (Fsp3) is 0. The fourth-order valence-electron chi connectivity index (χ4n) is 1.44. The van der Waals surface area contributed by atoms with E-state index in [1.54, 1.807) is 12.1 Å². The Labute approximate surface area is 118 Å². The number of hydrogen-bond acceptors (Lipinski definition) is 4. The first kappa shape index (κ1) is 13.8. The third-order valence-electron chi connectivity index (χ3n) is 2.36. The van der Waals surface area contributed by atoms with Crippen molar-refractivity contribution in [3.63, 3.8) is 0 Å². The van der Waals surface area contributed by atoms with Crippen molar-refractivity contribution in [3.8, 4) is 0 Å². The van der Waals surface area contributed by atoms with Gasteiger partial charge in [-0.25, -0.2) is 0 Å². The highest BCUT2D eigenvalue weighted by Gasteiger charge is 2.10. The van der Waals surface area contributed by atoms with Gasteiger partial charge < -0.3 is 9.73 Å². The number of rotatable bonds is 4. The molecule has 102 valence electrons. The predicted octanol–water partition coefficient (Wildman–Crippen LogP) is 3.49. The predicted molar refractivity (Wildman–Crippen MR) is 74.5 cm³/mol. The normalized spacial score (nSPS) is 10.7. The van der Waals surface area contributed by atoms with Crippen molar-refractivity contribution >= 4 is 35.0 Å². The standard InChI is InChI=1S/C13H9ClN2O4/c14-11-8-9(16(18)19)3-5-12(11)15-13(17)6-4-10-2-1-7-20-10/h1-8H,(H,15,17)/b6-4+. The second kappa shape index (κ2) is 6.03. The molecule has 0 saturated carbocycles. The van der Waals surface area contributed by atoms with Gasteiger partial charge in [0.2, 0.25) is 5.91 Å². The van der Waals surface area contributed by atoms with Crippen LogP contribution in [0.5, 0.6) is 0 Å². The Balaban J connectivity index is 2.06. The van der Waals surface area contributed by atoms with E-state index in [0.29, 0.717) is 11.4 Å². The van der Waals surface area contributed by atoms with Crippen molar-refractivity contribution in [1.82, 2.24) is 0 Å². The number of nitro benzene ring substituents is 1. The van der Waals surface area contributed by atoms with Gasteiger partial charge in [-0.05, 0) is 24.3 Å². The minimum atomic E-state index is -0.561. The van der Waals surface area contributed by atoms with E-state index in [-0.39, 0.29) is 10.7 Å². The molecular formula is C13H9ClN2O4. The van der Waals surface area contributed by atoms with Gasteiger partial charge in [-0.3, -0.25) is 14.9 Å². The highest BCUT2D eigenvalue weighted by Crippen LogP contribution is 2.26. The maximum atomic E-state index is 11.6. The molecule has 0 atom stereocenters. The van der Waals surface area contributed by atoms with Gasteiger partial charge in [-0.2, -0.15) is 0 Å². The number of non-ortho nitro benzene ring substituents is 1. The molecule has 0 aliphatic rings. The minimum absolute atomic E-state index is 0.0962. The Bertz CT molecular complexity index is 665. The first-order valence-corrected chi connectivity index (χ1v) is 5.90. The molecule has 20 heavy (non-hydrogen) atoms. The highest BCUT2D eigenvalue weighted by atomic mass is 35.5. The third-order valence-corrected chi connectivity index (χ3v) is 2.68. The SMILES string of the molecule is O=C(/C=C/c1ccco1)Nc1ccc([N+](=O)[O-])cc1Cl. The van der Waals surface area contributed by atoms with Crippen LogP contribution in [0.15, 0.2) is 47.1 Å². The zero-order valence-electron chi connectivity index (χ0n) is 10.1. The molecular weight excluding hydrogens is 284 g/mol. The summed E-state index contributed by atoms with van der Waals surface area (Å²) in [5.74, 6) is 0.118. The van der Waals surface area contributed by atoms with Crippen LogP contribution in [0, 0.1) is 10.1 Å². The van der Waals surface area contributed by atoms with E-state index in [1.807, 2.05) is 0 Å². The van der Waals surface area contributed by atoms with Gasteiger partial charge in [0.15, 0.2) is 0 Å². The van der Waals surface area contributed by atoms with Crippen molar-refractivity contribution in [2.24, 2.45) is 0 Å². The van der Waals surface area contributed by atoms with Crippen LogP contribution in [-0.4, -0.2) is 10.8 Å². The van der Waals surface area contributed by atoms with Crippen LogP contribution in [0.2, 0.25) is 5.02 Å². The summed E-state index contributed by atoms with van der Waals surface area (Å²) < 4.78 is 5.03. The smallest absolute Gasteiger partial charge is 0.271 e. The molecule has 0 spiro atoms. The number of halogens is 1. The Kier molecular flexibility index (Phi) is 4.17. The quantitative estimate of drug-likeness (QED) is 0.531. The van der Waals surface area contributed by atoms with Crippen LogP contribution in [0.3, 0.4) is 0 Å². The minimum Gasteiger partial charge on any atom is -0.465 e. The Hall–Kier alpha value is -2.60. The average Bonchev–Trinajstić information content (AvgIpc) is 2.91. The summed E-state index contributed by atoms with van der Waals surface area (Å²) in [5.41, 5.74) is 0.158. The van der Waals surface area contributed by atoms with Crippen molar-refractivity contribution in [1.29, 1.82) is 0 Å². The summed E-state index contributed by atoms with van der Waals surface area (Å²) in [6.45, 7) is 0. The zero-order valence-corrected chi connectivity index (χ0v) is 10.8. The molecule has 6 nitrogen and oxygen atoms in total. The van der Waals surface area contributed by atoms with Gasteiger partial charge in [0.05, 0.1) is 21.9 Å². The van der Waals surface area contributed by atoms with Crippen molar-refractivity contribution < 1.29 is 14.1 Å². The highest BCUT2D eigenvalue weighted by molar-refractivity contribution is 6.34. The topological polar surface area (TPSA) is 85.4 Å². The molecule has 0 fully saturated rings. The van der Waals surface area contributed by atoms with E-state index >= 15 is 0 Å². The number of amides is 1. The Morgan fingerprint density at radius 2 is 2.20 bits per heavy atom. The second-order valence-corrected chi connectivity index (χ2v) is 4.17. The molecule has 1 amide bonds. The molecule has 2 aromatic rings. The number of benzene rings is 1. The van der Waals surface area contributed by atoms with E-state index in [4.69, 9.17) is 16.0 Å². The van der Waals surface area contributed by atoms with Gasteiger partial charge in [0, 0.05) is 18.2 Å². The maximum absolute atomic E-state index is 11.6. The summed E-state index contributed by atoms with van der Waals surface area (Å²) >= 11 is 5.86. The molecule has 1 N–H and O–H groups in total. The van der Waals surface area contributed by atoms with Gasteiger partial charge in [0.1, 0.15) is 5.76 Å². The number of carbonyl (C=O) groups is 1. The molecule has 1 heterocycles. The van der Waals surface area contributed by atoms with Gasteiger partial charge in [-0.15, -0.1) is 0 Å². The molecule has 0 radical (unpaired) electrons. The van der Waals surface area contributed by atoms with Gasteiger partial charge in [0.25, 0.3) is 5.69 Å². The number of nitrogens with one attached hydrogen (secondary N) is 1. The van der Waals surface area contributed by atoms with Crippen LogP contribution in [0.25, 0.3) is 6.08 Å². The third kappa shape index (κ3) is 3.46. The summed E-state index contributed by atoms with van der Waals surface area (Å²) in [5, 5.41) is 13.2. The second-order valence-electron chi connectivity index (χ2n) is 3.76. The lowest BCUT2D eigenvalue weighted by Gasteiger charge is -2.04. The van der Waals surface area contributed by atoms with E-state index in [9.17, 15) is 14.9 Å². The maximum Gasteiger partial charge on any atom is 0.271 e. The Morgan fingerprint density at radius 3 is 2.80 bits per heavy atom. The van der Waals surface area contributed by atoms with Gasteiger partial charge in [-0.1, -0.05) is 11.6 Å². The number of hydrogen-bond donors (Lipinski definition) is 1. The molecule has 7 heteroatoms. The van der Waals surface area contributed by atoms with E-state index in [0.717, 1.165) is 0 Å². The van der Waals surface area contributed by atoms with Crippen molar-refractivity contribution in [2.45, 2.75) is 0 Å². The number of nitrogens with zero attached hydrogens (tertiary/aromatic N) is 1. The average molecular weight is 293 g/mol. The lowest BCUT2D eigenvalue weighted by atomic mass is 10.2. The van der Waals surface area contributed by atoms with Crippen molar-refractivity contribution in [3.05, 3.63) is 63.6 Å². The molecule has 0 saturated heterocycles. The van der Waals surface area contributed by atoms with Crippen LogP contribution in [0.4, 0.5) is 11.4 Å². The molecule has 2 rings (SSSR count). The van der Waals surface area contributed by atoms with Crippen LogP contribution in [0.1, 0.15) is 5.76 Å². The molecule has 0 aliphatic carbocycles. The monoisotopic (exact) mass is 292 g/mol. The molecule has 1 aromatic heterocycles. The molecule has 0 aliphatic heterocycles. The van der Waals surface area contributed by atoms with Gasteiger partial charge >= 0.3 is 0 Å². The van der Waals surface area contributed by atoms with E-state index in [2.05, 4.69) is 5.32 Å². The molecule has 1 aromatic carbocycles.